The Morgan fingerprint density at radius 1 is 0.662 bits per heavy atom. The molecule has 65 heavy (non-hydrogen) atoms. The van der Waals surface area contributed by atoms with Crippen molar-refractivity contribution in [2.24, 2.45) is 30.7 Å². The fourth-order valence-corrected chi connectivity index (χ4v) is 8.27. The summed E-state index contributed by atoms with van der Waals surface area (Å²) in [6, 6.07) is 8.50. The molecule has 0 unspecified atom stereocenters. The minimum Gasteiger partial charge on any atom is -0.505 e. The number of azo groups is 3. The van der Waals surface area contributed by atoms with Gasteiger partial charge in [0.2, 0.25) is 5.91 Å². The minimum atomic E-state index is -5.48. The molecule has 0 saturated carbocycles. The normalized spacial score (nSPS) is 12.7. The van der Waals surface area contributed by atoms with Crippen LogP contribution in [0.25, 0.3) is 10.8 Å². The molecule has 5 rings (SSSR count). The number of ether oxygens (including phenoxy) is 2. The predicted molar refractivity (Wildman–Crippen MR) is 221 cm³/mol. The SMILES string of the molecule is CCOc1cc(N=Nc2ccc(NC(C)=O)cc2S(=O)(=O)O)c(COC)cc1N=Nc1c(S(=O)(=O)O)cc2cc(S(=O)(=O)O)c(N=Nc3ccc([N+](=O)[O-])cc3S(=O)(=O)O)c(O)c2c1O. The van der Waals surface area contributed by atoms with Crippen molar-refractivity contribution >= 4 is 103 Å². The summed E-state index contributed by atoms with van der Waals surface area (Å²) >= 11 is 0. The Morgan fingerprint density at radius 2 is 1.14 bits per heavy atom. The third-order valence-electron chi connectivity index (χ3n) is 8.34. The van der Waals surface area contributed by atoms with Crippen LogP contribution in [0.4, 0.5) is 45.5 Å². The second-order valence-electron chi connectivity index (χ2n) is 12.8. The number of hydrogen-bond donors (Lipinski definition) is 7. The van der Waals surface area contributed by atoms with Crippen LogP contribution in [0.5, 0.6) is 17.2 Å². The molecule has 0 aliphatic heterocycles. The topological polar surface area (TPSA) is 423 Å². The number of non-ortho nitro benzene ring substituents is 1. The van der Waals surface area contributed by atoms with E-state index in [0.717, 1.165) is 18.2 Å². The Bertz CT molecular complexity index is 3360. The van der Waals surface area contributed by atoms with Gasteiger partial charge in [-0.2, -0.15) is 38.8 Å². The number of carbonyl (C=O) groups is 1. The van der Waals surface area contributed by atoms with E-state index in [0.29, 0.717) is 24.3 Å². The third-order valence-corrected chi connectivity index (χ3v) is 11.8. The van der Waals surface area contributed by atoms with Gasteiger partial charge in [-0.25, -0.2) is 0 Å². The van der Waals surface area contributed by atoms with Gasteiger partial charge in [0.25, 0.3) is 46.2 Å². The lowest BCUT2D eigenvalue weighted by Gasteiger charge is -2.14. The van der Waals surface area contributed by atoms with Crippen molar-refractivity contribution in [2.45, 2.75) is 40.0 Å². The van der Waals surface area contributed by atoms with Crippen LogP contribution in [-0.2, 0) is 56.6 Å². The molecule has 0 heterocycles. The molecule has 5 aromatic carbocycles. The molecule has 344 valence electrons. The van der Waals surface area contributed by atoms with Gasteiger partial charge in [-0.05, 0) is 54.8 Å². The van der Waals surface area contributed by atoms with Crippen LogP contribution < -0.4 is 10.1 Å². The summed E-state index contributed by atoms with van der Waals surface area (Å²) in [5.41, 5.74) is -4.58. The number of benzene rings is 5. The number of fused-ring (bicyclic) bond motifs is 1. The summed E-state index contributed by atoms with van der Waals surface area (Å²) in [7, 11) is -19.8. The third kappa shape index (κ3) is 11.2. The van der Waals surface area contributed by atoms with Gasteiger partial charge in [0, 0.05) is 43.5 Å². The maximum absolute atomic E-state index is 12.7. The van der Waals surface area contributed by atoms with Gasteiger partial charge in [0.05, 0.1) is 29.2 Å². The van der Waals surface area contributed by atoms with Crippen LogP contribution in [0.2, 0.25) is 0 Å². The van der Waals surface area contributed by atoms with E-state index in [9.17, 15) is 77.0 Å². The van der Waals surface area contributed by atoms with Gasteiger partial charge in [0.1, 0.15) is 53.8 Å². The molecule has 0 aliphatic rings. The Balaban J connectivity index is 1.72. The van der Waals surface area contributed by atoms with Crippen molar-refractivity contribution in [1.29, 1.82) is 0 Å². The number of anilines is 1. The lowest BCUT2D eigenvalue weighted by Crippen LogP contribution is -2.07. The molecule has 27 nitrogen and oxygen atoms in total. The molecular formula is C34H30N8O19S4. The molecule has 0 aromatic heterocycles. The van der Waals surface area contributed by atoms with Gasteiger partial charge in [0.15, 0.2) is 11.5 Å². The Morgan fingerprint density at radius 3 is 1.62 bits per heavy atom. The fourth-order valence-electron chi connectivity index (χ4n) is 5.67. The summed E-state index contributed by atoms with van der Waals surface area (Å²) in [4.78, 5) is 17.2. The number of carbonyl (C=O) groups excluding carboxylic acids is 1. The number of aromatic hydroxyl groups is 2. The number of nitro benzene ring substituents is 1. The molecular weight excluding hydrogens is 953 g/mol. The first-order chi connectivity index (χ1) is 30.1. The summed E-state index contributed by atoms with van der Waals surface area (Å²) in [6.45, 7) is 2.37. The number of nitrogens with one attached hydrogen (secondary N) is 1. The van der Waals surface area contributed by atoms with E-state index < -0.39 is 116 Å². The number of hydrogen-bond acceptors (Lipinski definition) is 21. The Labute approximate surface area is 366 Å². The smallest absolute Gasteiger partial charge is 0.297 e. The standard InChI is InChI=1S/C34H30N8O19S4/c1-4-61-25-14-23(38-36-21-7-5-19(35-16(2)43)12-26(21)62(48,49)50)18(15-60-3)9-24(25)39-41-32-29(65(57,58)59)11-17-10-28(64(54,55)56)31(33(44)30(17)34(32)45)40-37-22-8-6-20(42(46)47)13-27(22)63(51,52)53/h5-14,44-45H,4,15H2,1-3H3,(H,35,43)(H,48,49,50)(H,51,52,53)(H,54,55,56)(H,57,58,59). The molecule has 1 amide bonds. The second-order valence-corrected chi connectivity index (χ2v) is 18.4. The lowest BCUT2D eigenvalue weighted by atomic mass is 10.1. The number of phenolic OH excluding ortho intramolecular Hbond substituents is 2. The van der Waals surface area contributed by atoms with Crippen LogP contribution >= 0.6 is 0 Å². The summed E-state index contributed by atoms with van der Waals surface area (Å²) in [5, 5.41) is 57.4. The minimum absolute atomic E-state index is 0.00710. The number of nitro groups is 1. The number of methoxy groups -OCH3 is 1. The highest BCUT2D eigenvalue weighted by Gasteiger charge is 2.30. The second kappa shape index (κ2) is 18.6. The van der Waals surface area contributed by atoms with Crippen molar-refractivity contribution in [3.8, 4) is 17.2 Å². The van der Waals surface area contributed by atoms with Gasteiger partial charge < -0.3 is 25.0 Å². The van der Waals surface area contributed by atoms with E-state index in [1.807, 2.05) is 0 Å². The van der Waals surface area contributed by atoms with Crippen LogP contribution in [0.1, 0.15) is 19.4 Å². The molecule has 5 aromatic rings. The van der Waals surface area contributed by atoms with Gasteiger partial charge >= 0.3 is 0 Å². The summed E-state index contributed by atoms with van der Waals surface area (Å²) in [6.07, 6.45) is 0. The molecule has 0 fully saturated rings. The first kappa shape index (κ1) is 49.1. The summed E-state index contributed by atoms with van der Waals surface area (Å²) < 4.78 is 149. The Kier molecular flexibility index (Phi) is 14.1. The first-order valence-electron chi connectivity index (χ1n) is 17.3. The van der Waals surface area contributed by atoms with E-state index >= 15 is 0 Å². The van der Waals surface area contributed by atoms with Crippen molar-refractivity contribution < 1.29 is 81.3 Å². The average Bonchev–Trinajstić information content (AvgIpc) is 3.18. The van der Waals surface area contributed by atoms with E-state index in [1.165, 1.54) is 39.2 Å². The predicted octanol–water partition coefficient (Wildman–Crippen LogP) is 6.90. The number of amides is 1. The molecule has 31 heteroatoms. The van der Waals surface area contributed by atoms with Gasteiger partial charge in [-0.1, -0.05) is 0 Å². The highest BCUT2D eigenvalue weighted by molar-refractivity contribution is 7.86. The molecule has 0 spiro atoms. The van der Waals surface area contributed by atoms with E-state index in [-0.39, 0.29) is 47.3 Å². The van der Waals surface area contributed by atoms with E-state index in [1.54, 1.807) is 0 Å². The van der Waals surface area contributed by atoms with Gasteiger partial charge in [-0.3, -0.25) is 33.1 Å². The van der Waals surface area contributed by atoms with Gasteiger partial charge in [-0.15, -0.1) is 25.6 Å². The summed E-state index contributed by atoms with van der Waals surface area (Å²) in [5.74, 6) is -3.43. The van der Waals surface area contributed by atoms with Crippen LogP contribution in [0.15, 0.2) is 111 Å². The maximum atomic E-state index is 12.7. The highest BCUT2D eigenvalue weighted by Crippen LogP contribution is 2.51. The molecule has 0 saturated heterocycles. The molecule has 7 N–H and O–H groups in total. The Hall–Kier alpha value is -6.97. The molecule has 0 atom stereocenters. The number of phenols is 2. The van der Waals surface area contributed by atoms with Crippen molar-refractivity contribution in [3.63, 3.8) is 0 Å². The fraction of sp³-hybridized carbons (Fsp3) is 0.147. The van der Waals surface area contributed by atoms with Crippen molar-refractivity contribution in [1.82, 2.24) is 0 Å². The monoisotopic (exact) mass is 982 g/mol. The average molecular weight is 983 g/mol. The van der Waals surface area contributed by atoms with Crippen LogP contribution in [0.3, 0.4) is 0 Å². The number of rotatable bonds is 16. The zero-order chi connectivity index (χ0) is 48.4. The van der Waals surface area contributed by atoms with E-state index in [2.05, 4.69) is 36.0 Å². The van der Waals surface area contributed by atoms with Crippen molar-refractivity contribution in [2.75, 3.05) is 19.0 Å². The van der Waals surface area contributed by atoms with E-state index in [4.69, 9.17) is 9.47 Å². The maximum Gasteiger partial charge on any atom is 0.297 e. The lowest BCUT2D eigenvalue weighted by molar-refractivity contribution is -0.385. The zero-order valence-electron chi connectivity index (χ0n) is 32.9. The first-order valence-corrected chi connectivity index (χ1v) is 23.1. The van der Waals surface area contributed by atoms with Crippen LogP contribution in [-0.4, -0.2) is 86.6 Å². The highest BCUT2D eigenvalue weighted by atomic mass is 32.2. The zero-order valence-corrected chi connectivity index (χ0v) is 36.2. The van der Waals surface area contributed by atoms with Crippen LogP contribution in [0, 0.1) is 10.1 Å². The largest absolute Gasteiger partial charge is 0.505 e. The number of nitrogens with zero attached hydrogens (tertiary/aromatic N) is 7. The van der Waals surface area contributed by atoms with Crippen molar-refractivity contribution in [3.05, 3.63) is 76.3 Å². The molecule has 0 bridgehead atoms. The quantitative estimate of drug-likeness (QED) is 0.0229. The molecule has 0 aliphatic carbocycles. The molecule has 0 radical (unpaired) electrons.